The highest BCUT2D eigenvalue weighted by Crippen LogP contribution is 2.22. The Morgan fingerprint density at radius 2 is 2.09 bits per heavy atom. The molecule has 3 rings (SSSR count). The summed E-state index contributed by atoms with van der Waals surface area (Å²) in [5.74, 6) is 0.442. The molecule has 5 heteroatoms. The fourth-order valence-electron chi connectivity index (χ4n) is 2.61. The van der Waals surface area contributed by atoms with Gasteiger partial charge in [-0.3, -0.25) is 4.79 Å². The molecule has 1 amide bonds. The second-order valence-electron chi connectivity index (χ2n) is 5.90. The number of hydrogen-bond donors (Lipinski definition) is 2. The van der Waals surface area contributed by atoms with E-state index in [1.165, 1.54) is 0 Å². The van der Waals surface area contributed by atoms with E-state index in [1.54, 1.807) is 6.33 Å². The molecule has 2 aromatic heterocycles. The van der Waals surface area contributed by atoms with Crippen molar-refractivity contribution in [3.05, 3.63) is 49.1 Å². The summed E-state index contributed by atoms with van der Waals surface area (Å²) in [5.41, 5.74) is 2.59. The lowest BCUT2D eigenvalue weighted by molar-refractivity contribution is -0.119. The number of aromatic nitrogens is 3. The van der Waals surface area contributed by atoms with E-state index in [0.717, 1.165) is 23.1 Å². The van der Waals surface area contributed by atoms with Crippen LogP contribution >= 0.6 is 0 Å². The minimum absolute atomic E-state index is 0.00349. The monoisotopic (exact) mass is 296 g/mol. The van der Waals surface area contributed by atoms with Crippen LogP contribution < -0.4 is 5.32 Å². The second kappa shape index (κ2) is 6.05. The van der Waals surface area contributed by atoms with Gasteiger partial charge in [-0.1, -0.05) is 13.8 Å². The first-order valence-electron chi connectivity index (χ1n) is 7.50. The van der Waals surface area contributed by atoms with Crippen molar-refractivity contribution in [2.24, 2.45) is 5.92 Å². The van der Waals surface area contributed by atoms with Crippen LogP contribution in [-0.4, -0.2) is 20.4 Å². The third-order valence-corrected chi connectivity index (χ3v) is 3.67. The predicted octanol–water partition coefficient (Wildman–Crippen LogP) is 3.59. The van der Waals surface area contributed by atoms with Crippen LogP contribution in [-0.2, 0) is 4.79 Å². The van der Waals surface area contributed by atoms with Crippen LogP contribution in [0.1, 0.15) is 26.3 Å². The number of anilines is 1. The number of carbonyl (C=O) groups excluding carboxylic acids is 1. The van der Waals surface area contributed by atoms with Crippen molar-refractivity contribution in [2.75, 3.05) is 5.32 Å². The third kappa shape index (κ3) is 3.03. The number of nitrogens with zero attached hydrogens (tertiary/aromatic N) is 2. The molecule has 2 N–H and O–H groups in total. The van der Waals surface area contributed by atoms with Gasteiger partial charge in [-0.25, -0.2) is 4.98 Å². The summed E-state index contributed by atoms with van der Waals surface area (Å²) in [6, 6.07) is 9.36. The third-order valence-electron chi connectivity index (χ3n) is 3.67. The average molecular weight is 296 g/mol. The number of benzene rings is 1. The zero-order valence-electron chi connectivity index (χ0n) is 12.8. The van der Waals surface area contributed by atoms with Gasteiger partial charge in [-0.2, -0.15) is 0 Å². The molecule has 0 saturated heterocycles. The molecule has 0 unspecified atom stereocenters. The zero-order valence-corrected chi connectivity index (χ0v) is 12.8. The van der Waals surface area contributed by atoms with Gasteiger partial charge in [-0.15, -0.1) is 0 Å². The van der Waals surface area contributed by atoms with Crippen LogP contribution in [0.15, 0.2) is 49.1 Å². The van der Waals surface area contributed by atoms with Gasteiger partial charge in [0, 0.05) is 18.1 Å². The van der Waals surface area contributed by atoms with Crippen LogP contribution in [0.5, 0.6) is 0 Å². The van der Waals surface area contributed by atoms with E-state index in [-0.39, 0.29) is 11.9 Å². The number of imidazole rings is 1. The number of H-pyrrole nitrogens is 1. The van der Waals surface area contributed by atoms with Gasteiger partial charge >= 0.3 is 0 Å². The summed E-state index contributed by atoms with van der Waals surface area (Å²) in [6.07, 6.45) is 6.32. The Morgan fingerprint density at radius 1 is 1.32 bits per heavy atom. The van der Waals surface area contributed by atoms with Crippen LogP contribution in [0.4, 0.5) is 5.69 Å². The lowest BCUT2D eigenvalue weighted by Gasteiger charge is -2.20. The highest BCUT2D eigenvalue weighted by atomic mass is 16.2. The van der Waals surface area contributed by atoms with E-state index in [0.29, 0.717) is 5.92 Å². The Bertz CT molecular complexity index is 758. The normalized spacial score (nSPS) is 12.7. The first-order chi connectivity index (χ1) is 10.6. The van der Waals surface area contributed by atoms with E-state index >= 15 is 0 Å². The van der Waals surface area contributed by atoms with E-state index < -0.39 is 0 Å². The van der Waals surface area contributed by atoms with Crippen molar-refractivity contribution < 1.29 is 4.79 Å². The van der Waals surface area contributed by atoms with Crippen molar-refractivity contribution in [3.63, 3.8) is 0 Å². The molecule has 114 valence electrons. The summed E-state index contributed by atoms with van der Waals surface area (Å²) in [7, 11) is 0. The Morgan fingerprint density at radius 3 is 2.82 bits per heavy atom. The SMILES string of the molecule is CC(C)C[C@@H](C(=O)Nc1ccc2nc[nH]c2c1)n1cccc1. The molecule has 3 aromatic rings. The van der Waals surface area contributed by atoms with Crippen molar-refractivity contribution in [1.29, 1.82) is 0 Å². The number of rotatable bonds is 5. The molecule has 1 atom stereocenters. The molecule has 0 radical (unpaired) electrons. The summed E-state index contributed by atoms with van der Waals surface area (Å²) >= 11 is 0. The molecule has 0 aliphatic heterocycles. The maximum atomic E-state index is 12.7. The quantitative estimate of drug-likeness (QED) is 0.755. The molecule has 5 nitrogen and oxygen atoms in total. The molecule has 22 heavy (non-hydrogen) atoms. The van der Waals surface area contributed by atoms with Gasteiger partial charge in [0.25, 0.3) is 0 Å². The summed E-state index contributed by atoms with van der Waals surface area (Å²) in [6.45, 7) is 4.25. The number of amides is 1. The van der Waals surface area contributed by atoms with E-state index in [9.17, 15) is 4.79 Å². The first kappa shape index (κ1) is 14.4. The number of aromatic amines is 1. The maximum Gasteiger partial charge on any atom is 0.247 e. The van der Waals surface area contributed by atoms with Crippen LogP contribution in [0, 0.1) is 5.92 Å². The Labute approximate surface area is 129 Å². The van der Waals surface area contributed by atoms with Gasteiger partial charge in [0.15, 0.2) is 0 Å². The summed E-state index contributed by atoms with van der Waals surface area (Å²) in [5, 5.41) is 3.01. The largest absolute Gasteiger partial charge is 0.345 e. The molecule has 0 fully saturated rings. The minimum Gasteiger partial charge on any atom is -0.345 e. The van der Waals surface area contributed by atoms with Crippen LogP contribution in [0.25, 0.3) is 11.0 Å². The molecule has 2 heterocycles. The smallest absolute Gasteiger partial charge is 0.247 e. The number of fused-ring (bicyclic) bond motifs is 1. The molecule has 0 saturated carbocycles. The van der Waals surface area contributed by atoms with Gasteiger partial charge in [0.1, 0.15) is 6.04 Å². The minimum atomic E-state index is -0.201. The van der Waals surface area contributed by atoms with Crippen LogP contribution in [0.3, 0.4) is 0 Å². The van der Waals surface area contributed by atoms with Crippen molar-refractivity contribution in [1.82, 2.24) is 14.5 Å². The van der Waals surface area contributed by atoms with Crippen LogP contribution in [0.2, 0.25) is 0 Å². The molecule has 0 aliphatic rings. The number of nitrogens with one attached hydrogen (secondary N) is 2. The standard InChI is InChI=1S/C17H20N4O/c1-12(2)9-16(21-7-3-4-8-21)17(22)20-13-5-6-14-15(10-13)19-11-18-14/h3-8,10-12,16H,9H2,1-2H3,(H,18,19)(H,20,22)/t16-/m0/s1. The molecule has 0 bridgehead atoms. The Balaban J connectivity index is 1.80. The lowest BCUT2D eigenvalue weighted by atomic mass is 10.0. The fourth-order valence-corrected chi connectivity index (χ4v) is 2.61. The summed E-state index contributed by atoms with van der Waals surface area (Å²) < 4.78 is 1.96. The highest BCUT2D eigenvalue weighted by Gasteiger charge is 2.21. The van der Waals surface area contributed by atoms with E-state index in [4.69, 9.17) is 0 Å². The van der Waals surface area contributed by atoms with Crippen molar-refractivity contribution in [2.45, 2.75) is 26.3 Å². The van der Waals surface area contributed by atoms with Gasteiger partial charge < -0.3 is 14.9 Å². The lowest BCUT2D eigenvalue weighted by Crippen LogP contribution is -2.26. The van der Waals surface area contributed by atoms with Crippen molar-refractivity contribution >= 4 is 22.6 Å². The Hall–Kier alpha value is -2.56. The van der Waals surface area contributed by atoms with E-state index in [2.05, 4.69) is 29.1 Å². The van der Waals surface area contributed by atoms with Gasteiger partial charge in [0.2, 0.25) is 5.91 Å². The number of hydrogen-bond acceptors (Lipinski definition) is 2. The summed E-state index contributed by atoms with van der Waals surface area (Å²) in [4.78, 5) is 19.9. The van der Waals surface area contributed by atoms with Gasteiger partial charge in [-0.05, 0) is 42.7 Å². The average Bonchev–Trinajstić information content (AvgIpc) is 3.15. The maximum absolute atomic E-state index is 12.7. The zero-order chi connectivity index (χ0) is 15.5. The molecular formula is C17H20N4O. The topological polar surface area (TPSA) is 62.7 Å². The van der Waals surface area contributed by atoms with Crippen molar-refractivity contribution in [3.8, 4) is 0 Å². The molecule has 1 aromatic carbocycles. The molecule has 0 spiro atoms. The first-order valence-corrected chi connectivity index (χ1v) is 7.50. The predicted molar refractivity (Wildman–Crippen MR) is 87.6 cm³/mol. The second-order valence-corrected chi connectivity index (χ2v) is 5.90. The fraction of sp³-hybridized carbons (Fsp3) is 0.294. The number of carbonyl (C=O) groups is 1. The molecular weight excluding hydrogens is 276 g/mol. The van der Waals surface area contributed by atoms with E-state index in [1.807, 2.05) is 47.3 Å². The molecule has 0 aliphatic carbocycles. The Kier molecular flexibility index (Phi) is 3.96. The highest BCUT2D eigenvalue weighted by molar-refractivity contribution is 5.95. The van der Waals surface area contributed by atoms with Gasteiger partial charge in [0.05, 0.1) is 17.4 Å².